The zero-order valence-corrected chi connectivity index (χ0v) is 15.3. The van der Waals surface area contributed by atoms with Gasteiger partial charge in [0.2, 0.25) is 0 Å². The van der Waals surface area contributed by atoms with E-state index in [9.17, 15) is 29.6 Å². The maximum Gasteiger partial charge on any atom is 0.270 e. The molecule has 0 aliphatic heterocycles. The third-order valence-electron chi connectivity index (χ3n) is 3.76. The summed E-state index contributed by atoms with van der Waals surface area (Å²) in [6.07, 6.45) is 1.24. The van der Waals surface area contributed by atoms with Crippen molar-refractivity contribution in [2.24, 2.45) is 0 Å². The van der Waals surface area contributed by atoms with Crippen molar-refractivity contribution in [2.45, 2.75) is 12.8 Å². The summed E-state index contributed by atoms with van der Waals surface area (Å²) in [4.78, 5) is 45.7. The molecule has 0 atom stereocenters. The molecule has 0 aromatic heterocycles. The Morgan fingerprint density at radius 1 is 1.03 bits per heavy atom. The third kappa shape index (κ3) is 6.90. The van der Waals surface area contributed by atoms with Gasteiger partial charge in [-0.05, 0) is 36.6 Å². The number of carboxylic acids is 1. The highest BCUT2D eigenvalue weighted by molar-refractivity contribution is 6.05. The monoisotopic (exact) mass is 396 g/mol. The summed E-state index contributed by atoms with van der Waals surface area (Å²) in [6.45, 7) is 0.0559. The average Bonchev–Trinajstić information content (AvgIpc) is 2.71. The molecule has 0 saturated heterocycles. The molecule has 0 heterocycles. The number of nitro benzene ring substituents is 1. The number of non-ortho nitro benzene ring substituents is 1. The van der Waals surface area contributed by atoms with Crippen LogP contribution in [0.25, 0.3) is 6.08 Å². The molecular formula is C20H18N3O6-. The molecule has 150 valence electrons. The maximum atomic E-state index is 12.5. The second-order valence-electron chi connectivity index (χ2n) is 5.96. The van der Waals surface area contributed by atoms with Crippen LogP contribution in [0.2, 0.25) is 0 Å². The van der Waals surface area contributed by atoms with Crippen molar-refractivity contribution in [3.8, 4) is 0 Å². The molecule has 2 rings (SSSR count). The number of carbonyl (C=O) groups excluding carboxylic acids is 3. The van der Waals surface area contributed by atoms with Gasteiger partial charge >= 0.3 is 0 Å². The molecule has 0 aliphatic carbocycles. The van der Waals surface area contributed by atoms with Crippen LogP contribution in [0.15, 0.2) is 60.3 Å². The Morgan fingerprint density at radius 3 is 2.41 bits per heavy atom. The average molecular weight is 396 g/mol. The fourth-order valence-corrected chi connectivity index (χ4v) is 2.37. The molecule has 29 heavy (non-hydrogen) atoms. The normalized spacial score (nSPS) is 10.8. The van der Waals surface area contributed by atoms with E-state index in [2.05, 4.69) is 10.6 Å². The van der Waals surface area contributed by atoms with Gasteiger partial charge in [0.15, 0.2) is 0 Å². The van der Waals surface area contributed by atoms with Crippen molar-refractivity contribution in [1.82, 2.24) is 10.6 Å². The molecule has 0 radical (unpaired) electrons. The fourth-order valence-electron chi connectivity index (χ4n) is 2.37. The lowest BCUT2D eigenvalue weighted by atomic mass is 10.1. The molecule has 2 aromatic carbocycles. The van der Waals surface area contributed by atoms with Gasteiger partial charge in [-0.2, -0.15) is 0 Å². The van der Waals surface area contributed by atoms with E-state index < -0.39 is 22.7 Å². The smallest absolute Gasteiger partial charge is 0.270 e. The van der Waals surface area contributed by atoms with Crippen LogP contribution in [0.3, 0.4) is 0 Å². The van der Waals surface area contributed by atoms with Gasteiger partial charge in [-0.25, -0.2) is 0 Å². The Kier molecular flexibility index (Phi) is 7.60. The summed E-state index contributed by atoms with van der Waals surface area (Å²) in [5.74, 6) is -2.42. The largest absolute Gasteiger partial charge is 0.550 e. The first-order chi connectivity index (χ1) is 13.9. The first kappa shape index (κ1) is 21.3. The minimum atomic E-state index is -1.23. The highest BCUT2D eigenvalue weighted by Crippen LogP contribution is 2.15. The van der Waals surface area contributed by atoms with Crippen LogP contribution in [0.4, 0.5) is 5.69 Å². The molecule has 2 aromatic rings. The van der Waals surface area contributed by atoms with Crippen LogP contribution >= 0.6 is 0 Å². The fraction of sp³-hybridized carbons (Fsp3) is 0.150. The summed E-state index contributed by atoms with van der Waals surface area (Å²) >= 11 is 0. The number of rotatable bonds is 9. The molecule has 9 nitrogen and oxygen atoms in total. The minimum Gasteiger partial charge on any atom is -0.550 e. The molecule has 0 fully saturated rings. The molecule has 2 amide bonds. The predicted molar refractivity (Wildman–Crippen MR) is 102 cm³/mol. The van der Waals surface area contributed by atoms with Crippen LogP contribution in [-0.4, -0.2) is 29.3 Å². The number of benzene rings is 2. The van der Waals surface area contributed by atoms with Gasteiger partial charge in [0.05, 0.1) is 4.92 Å². The minimum absolute atomic E-state index is 0.0559. The van der Waals surface area contributed by atoms with Crippen LogP contribution in [0.5, 0.6) is 0 Å². The van der Waals surface area contributed by atoms with Gasteiger partial charge in [0.25, 0.3) is 17.5 Å². The van der Waals surface area contributed by atoms with Crippen molar-refractivity contribution in [1.29, 1.82) is 0 Å². The Balaban J connectivity index is 2.23. The summed E-state index contributed by atoms with van der Waals surface area (Å²) in [7, 11) is 0. The van der Waals surface area contributed by atoms with E-state index in [1.165, 1.54) is 24.3 Å². The van der Waals surface area contributed by atoms with Crippen molar-refractivity contribution >= 4 is 29.5 Å². The molecular weight excluding hydrogens is 378 g/mol. The summed E-state index contributed by atoms with van der Waals surface area (Å²) < 4.78 is 0. The standard InChI is InChI=1S/C20H19N3O6/c24-18(25)10-5-11-21-20(27)17(22-19(26)15-7-2-1-3-8-15)13-14-6-4-9-16(12-14)23(28)29/h1-4,6-9,12-13H,5,10-11H2,(H,21,27)(H,22,26)(H,24,25)/p-1/b17-13+. The van der Waals surface area contributed by atoms with Crippen LogP contribution in [0.1, 0.15) is 28.8 Å². The van der Waals surface area contributed by atoms with E-state index in [1.54, 1.807) is 36.4 Å². The summed E-state index contributed by atoms with van der Waals surface area (Å²) in [5, 5.41) is 26.4. The van der Waals surface area contributed by atoms with E-state index in [4.69, 9.17) is 0 Å². The number of aliphatic carboxylic acids is 1. The number of hydrogen-bond acceptors (Lipinski definition) is 6. The molecule has 0 saturated carbocycles. The molecule has 0 aliphatic rings. The highest BCUT2D eigenvalue weighted by Gasteiger charge is 2.15. The van der Waals surface area contributed by atoms with Crippen LogP contribution < -0.4 is 15.7 Å². The molecule has 0 unspecified atom stereocenters. The SMILES string of the molecule is O=C([O-])CCCNC(=O)/C(=C\c1cccc([N+](=O)[O-])c1)NC(=O)c1ccccc1. The molecule has 0 spiro atoms. The maximum absolute atomic E-state index is 12.5. The van der Waals surface area contributed by atoms with Crippen molar-refractivity contribution < 1.29 is 24.4 Å². The Labute approximate surface area is 166 Å². The Morgan fingerprint density at radius 2 is 1.76 bits per heavy atom. The van der Waals surface area contributed by atoms with Crippen molar-refractivity contribution in [3.63, 3.8) is 0 Å². The molecule has 2 N–H and O–H groups in total. The predicted octanol–water partition coefficient (Wildman–Crippen LogP) is 1.01. The van der Waals surface area contributed by atoms with Gasteiger partial charge in [0, 0.05) is 30.2 Å². The van der Waals surface area contributed by atoms with Crippen molar-refractivity contribution in [2.75, 3.05) is 6.54 Å². The number of carbonyl (C=O) groups is 3. The lowest BCUT2D eigenvalue weighted by Gasteiger charge is -2.11. The first-order valence-corrected chi connectivity index (χ1v) is 8.67. The van der Waals surface area contributed by atoms with Gasteiger partial charge in [-0.1, -0.05) is 30.3 Å². The summed E-state index contributed by atoms with van der Waals surface area (Å²) in [5.41, 5.74) is 0.365. The molecule has 9 heteroatoms. The lowest BCUT2D eigenvalue weighted by Crippen LogP contribution is -2.35. The van der Waals surface area contributed by atoms with E-state index in [0.717, 1.165) is 0 Å². The van der Waals surface area contributed by atoms with Gasteiger partial charge in [0.1, 0.15) is 5.70 Å². The van der Waals surface area contributed by atoms with Crippen molar-refractivity contribution in [3.05, 3.63) is 81.5 Å². The van der Waals surface area contributed by atoms with Gasteiger partial charge < -0.3 is 20.5 Å². The zero-order valence-electron chi connectivity index (χ0n) is 15.3. The second-order valence-corrected chi connectivity index (χ2v) is 5.96. The van der Waals surface area contributed by atoms with E-state index in [1.807, 2.05) is 0 Å². The lowest BCUT2D eigenvalue weighted by molar-refractivity contribution is -0.384. The van der Waals surface area contributed by atoms with E-state index >= 15 is 0 Å². The topological polar surface area (TPSA) is 141 Å². The molecule has 0 bridgehead atoms. The number of amides is 2. The van der Waals surface area contributed by atoms with E-state index in [-0.39, 0.29) is 30.8 Å². The van der Waals surface area contributed by atoms with Gasteiger partial charge in [-0.3, -0.25) is 19.7 Å². The van der Waals surface area contributed by atoms with Gasteiger partial charge in [-0.15, -0.1) is 0 Å². The quantitative estimate of drug-likeness (QED) is 0.280. The first-order valence-electron chi connectivity index (χ1n) is 8.67. The van der Waals surface area contributed by atoms with Crippen LogP contribution in [0, 0.1) is 10.1 Å². The Hall–Kier alpha value is -4.01. The highest BCUT2D eigenvalue weighted by atomic mass is 16.6. The number of nitrogens with one attached hydrogen (secondary N) is 2. The number of carboxylic acid groups (broad SMARTS) is 1. The summed E-state index contributed by atoms with van der Waals surface area (Å²) in [6, 6.07) is 13.8. The zero-order chi connectivity index (χ0) is 21.2. The van der Waals surface area contributed by atoms with Crippen LogP contribution in [-0.2, 0) is 9.59 Å². The number of hydrogen-bond donors (Lipinski definition) is 2. The number of nitrogens with zero attached hydrogens (tertiary/aromatic N) is 1. The third-order valence-corrected chi connectivity index (χ3v) is 3.76. The Bertz CT molecular complexity index is 940. The van der Waals surface area contributed by atoms with E-state index in [0.29, 0.717) is 11.1 Å². The second kappa shape index (κ2) is 10.4. The number of nitro groups is 1.